The number of aliphatic hydroxyl groups excluding tert-OH is 1. The molecule has 6 nitrogen and oxygen atoms in total. The molecule has 25 heavy (non-hydrogen) atoms. The molecule has 0 saturated carbocycles. The van der Waals surface area contributed by atoms with Crippen molar-refractivity contribution in [2.75, 3.05) is 38.6 Å². The van der Waals surface area contributed by atoms with Crippen molar-refractivity contribution in [2.45, 2.75) is 11.0 Å². The van der Waals surface area contributed by atoms with Gasteiger partial charge >= 0.3 is 0 Å². The smallest absolute Gasteiger partial charge is 0.264 e. The summed E-state index contributed by atoms with van der Waals surface area (Å²) in [6, 6.07) is 15.1. The molecule has 136 valence electrons. The highest BCUT2D eigenvalue weighted by atomic mass is 32.2. The van der Waals surface area contributed by atoms with Crippen molar-refractivity contribution in [1.29, 1.82) is 0 Å². The van der Waals surface area contributed by atoms with E-state index in [1.165, 1.54) is 11.4 Å². The Labute approximate surface area is 149 Å². The van der Waals surface area contributed by atoms with Gasteiger partial charge in [0.15, 0.2) is 0 Å². The summed E-state index contributed by atoms with van der Waals surface area (Å²) in [5, 5.41) is 10.4. The summed E-state index contributed by atoms with van der Waals surface area (Å²) in [5.74, 6) is 0.436. The minimum Gasteiger partial charge on any atom is -0.495 e. The van der Waals surface area contributed by atoms with Gasteiger partial charge in [-0.15, -0.1) is 0 Å². The van der Waals surface area contributed by atoms with E-state index in [1.807, 2.05) is 14.1 Å². The third kappa shape index (κ3) is 4.72. The van der Waals surface area contributed by atoms with Crippen molar-refractivity contribution >= 4 is 15.7 Å². The number of aliphatic hydroxyl groups is 1. The predicted octanol–water partition coefficient (Wildman–Crippen LogP) is 0.396. The summed E-state index contributed by atoms with van der Waals surface area (Å²) >= 11 is 0. The summed E-state index contributed by atoms with van der Waals surface area (Å²) in [4.78, 5) is 1.20. The first-order chi connectivity index (χ1) is 11.9. The fraction of sp³-hybridized carbons (Fsp3) is 0.333. The molecule has 0 unspecified atom stereocenters. The number of rotatable bonds is 8. The predicted molar refractivity (Wildman–Crippen MR) is 97.7 cm³/mol. The molecule has 0 amide bonds. The van der Waals surface area contributed by atoms with Gasteiger partial charge in [-0.3, -0.25) is 4.31 Å². The summed E-state index contributed by atoms with van der Waals surface area (Å²) in [6.07, 6.45) is -0.812. The van der Waals surface area contributed by atoms with Crippen molar-refractivity contribution in [3.05, 3.63) is 54.6 Å². The van der Waals surface area contributed by atoms with Crippen LogP contribution in [-0.4, -0.2) is 53.9 Å². The lowest BCUT2D eigenvalue weighted by Crippen LogP contribution is -3.07. The Morgan fingerprint density at radius 3 is 2.28 bits per heavy atom. The van der Waals surface area contributed by atoms with Crippen molar-refractivity contribution in [1.82, 2.24) is 0 Å². The highest BCUT2D eigenvalue weighted by Gasteiger charge is 2.29. The van der Waals surface area contributed by atoms with E-state index in [2.05, 4.69) is 0 Å². The fourth-order valence-electron chi connectivity index (χ4n) is 2.61. The van der Waals surface area contributed by atoms with Crippen molar-refractivity contribution < 1.29 is 23.2 Å². The number of benzene rings is 2. The number of anilines is 1. The van der Waals surface area contributed by atoms with E-state index >= 15 is 0 Å². The van der Waals surface area contributed by atoms with Crippen LogP contribution >= 0.6 is 0 Å². The average molecular weight is 365 g/mol. The lowest BCUT2D eigenvalue weighted by Gasteiger charge is -2.28. The molecular formula is C18H25N2O4S+. The molecule has 0 bridgehead atoms. The van der Waals surface area contributed by atoms with Gasteiger partial charge in [0.25, 0.3) is 10.0 Å². The van der Waals surface area contributed by atoms with Crippen LogP contribution in [0, 0.1) is 0 Å². The van der Waals surface area contributed by atoms with E-state index in [-0.39, 0.29) is 11.4 Å². The highest BCUT2D eigenvalue weighted by Crippen LogP contribution is 2.32. The average Bonchev–Trinajstić information content (AvgIpc) is 2.59. The van der Waals surface area contributed by atoms with Crippen LogP contribution in [0.5, 0.6) is 5.75 Å². The quantitative estimate of drug-likeness (QED) is 0.710. The lowest BCUT2D eigenvalue weighted by molar-refractivity contribution is -0.861. The molecule has 7 heteroatoms. The molecule has 2 aromatic rings. The molecule has 0 aliphatic rings. The van der Waals surface area contributed by atoms with Gasteiger partial charge in [-0.2, -0.15) is 0 Å². The van der Waals surface area contributed by atoms with Crippen LogP contribution in [0.2, 0.25) is 0 Å². The molecule has 0 radical (unpaired) electrons. The first-order valence-electron chi connectivity index (χ1n) is 8.04. The molecule has 0 aromatic heterocycles. The second-order valence-electron chi connectivity index (χ2n) is 6.09. The molecule has 1 atom stereocenters. The van der Waals surface area contributed by atoms with Gasteiger partial charge in [0.1, 0.15) is 18.4 Å². The van der Waals surface area contributed by atoms with Gasteiger partial charge in [0, 0.05) is 0 Å². The van der Waals surface area contributed by atoms with E-state index in [0.29, 0.717) is 18.0 Å². The van der Waals surface area contributed by atoms with E-state index in [1.54, 1.807) is 54.6 Å². The second-order valence-corrected chi connectivity index (χ2v) is 7.95. The van der Waals surface area contributed by atoms with Crippen molar-refractivity contribution in [3.63, 3.8) is 0 Å². The van der Waals surface area contributed by atoms with E-state index in [0.717, 1.165) is 4.90 Å². The zero-order valence-electron chi connectivity index (χ0n) is 14.7. The lowest BCUT2D eigenvalue weighted by atomic mass is 10.2. The third-order valence-electron chi connectivity index (χ3n) is 3.71. The fourth-order valence-corrected chi connectivity index (χ4v) is 4.14. The van der Waals surface area contributed by atoms with Gasteiger partial charge in [0.2, 0.25) is 0 Å². The molecule has 0 fully saturated rings. The molecule has 0 heterocycles. The molecule has 0 aliphatic carbocycles. The van der Waals surface area contributed by atoms with Gasteiger partial charge in [0.05, 0.1) is 38.3 Å². The maximum Gasteiger partial charge on any atom is 0.264 e. The number of ether oxygens (including phenoxy) is 1. The minimum absolute atomic E-state index is 0.0528. The maximum absolute atomic E-state index is 13.2. The van der Waals surface area contributed by atoms with Gasteiger partial charge in [-0.05, 0) is 24.3 Å². The number of nitrogens with zero attached hydrogens (tertiary/aromatic N) is 1. The monoisotopic (exact) mass is 365 g/mol. The van der Waals surface area contributed by atoms with Crippen LogP contribution in [0.1, 0.15) is 0 Å². The van der Waals surface area contributed by atoms with E-state index in [9.17, 15) is 13.5 Å². The SMILES string of the molecule is COc1ccccc1N(C[C@@H](O)C[NH+](C)C)S(=O)(=O)c1ccccc1. The minimum atomic E-state index is -3.83. The molecular weight excluding hydrogens is 340 g/mol. The van der Waals surface area contributed by atoms with Crippen LogP contribution in [0.4, 0.5) is 5.69 Å². The van der Waals surface area contributed by atoms with Crippen molar-refractivity contribution in [3.8, 4) is 5.75 Å². The van der Waals surface area contributed by atoms with Crippen LogP contribution in [0.15, 0.2) is 59.5 Å². The van der Waals surface area contributed by atoms with Gasteiger partial charge in [-0.1, -0.05) is 30.3 Å². The van der Waals surface area contributed by atoms with Crippen LogP contribution in [0.25, 0.3) is 0 Å². The Hall–Kier alpha value is -2.09. The highest BCUT2D eigenvalue weighted by molar-refractivity contribution is 7.92. The van der Waals surface area contributed by atoms with Crippen molar-refractivity contribution in [2.24, 2.45) is 0 Å². The number of methoxy groups -OCH3 is 1. The molecule has 0 aliphatic heterocycles. The maximum atomic E-state index is 13.2. The summed E-state index contributed by atoms with van der Waals surface area (Å²) in [7, 11) is 1.47. The Balaban J connectivity index is 2.49. The topological polar surface area (TPSA) is 71.3 Å². The molecule has 2 N–H and O–H groups in total. The first kappa shape index (κ1) is 19.2. The number of sulfonamides is 1. The second kappa shape index (κ2) is 8.33. The number of hydrogen-bond donors (Lipinski definition) is 2. The molecule has 2 rings (SSSR count). The van der Waals surface area contributed by atoms with Crippen LogP contribution in [0.3, 0.4) is 0 Å². The Morgan fingerprint density at radius 1 is 1.08 bits per heavy atom. The van der Waals surface area contributed by atoms with E-state index in [4.69, 9.17) is 4.74 Å². The first-order valence-corrected chi connectivity index (χ1v) is 9.48. The molecule has 2 aromatic carbocycles. The molecule has 0 saturated heterocycles. The van der Waals surface area contributed by atoms with Gasteiger partial charge in [-0.25, -0.2) is 8.42 Å². The number of nitrogens with one attached hydrogen (secondary N) is 1. The zero-order chi connectivity index (χ0) is 18.4. The third-order valence-corrected chi connectivity index (χ3v) is 5.50. The number of hydrogen-bond acceptors (Lipinski definition) is 4. The number of quaternary nitrogens is 1. The van der Waals surface area contributed by atoms with Gasteiger partial charge < -0.3 is 14.7 Å². The Kier molecular flexibility index (Phi) is 6.41. The van der Waals surface area contributed by atoms with Crippen LogP contribution in [-0.2, 0) is 10.0 Å². The van der Waals surface area contributed by atoms with Crippen LogP contribution < -0.4 is 13.9 Å². The Morgan fingerprint density at radius 2 is 1.68 bits per heavy atom. The summed E-state index contributed by atoms with van der Waals surface area (Å²) in [5.41, 5.74) is 0.404. The zero-order valence-corrected chi connectivity index (χ0v) is 15.5. The van der Waals surface area contributed by atoms with E-state index < -0.39 is 16.1 Å². The Bertz CT molecular complexity index is 779. The summed E-state index contributed by atoms with van der Waals surface area (Å²) < 4.78 is 32.9. The normalized spacial score (nSPS) is 12.8. The molecule has 0 spiro atoms. The largest absolute Gasteiger partial charge is 0.495 e. The summed E-state index contributed by atoms with van der Waals surface area (Å²) in [6.45, 7) is 0.374. The standard InChI is InChI=1S/C18H24N2O4S/c1-19(2)13-15(21)14-20(17-11-7-8-12-18(17)24-3)25(22,23)16-9-5-4-6-10-16/h4-12,15,21H,13-14H2,1-3H3/p+1/t15-/m0/s1. The number of para-hydroxylation sites is 2. The number of likely N-dealkylation sites (N-methyl/N-ethyl adjacent to an activating group) is 1.